The van der Waals surface area contributed by atoms with Crippen LogP contribution < -0.4 is 20.7 Å². The van der Waals surface area contributed by atoms with Crippen LogP contribution in [0.5, 0.6) is 0 Å². The van der Waals surface area contributed by atoms with Gasteiger partial charge >= 0.3 is 0 Å². The second kappa shape index (κ2) is 13.6. The topological polar surface area (TPSA) is 0 Å². The summed E-state index contributed by atoms with van der Waals surface area (Å²) < 4.78 is 0. The highest BCUT2D eigenvalue weighted by molar-refractivity contribution is 7.19. The third-order valence-electron chi connectivity index (χ3n) is 12.1. The molecule has 11 aromatic rings. The molecular weight excluding hydrogens is 701 g/mol. The molecule has 0 radical (unpaired) electrons. The summed E-state index contributed by atoms with van der Waals surface area (Å²) in [6.07, 6.45) is 0. The van der Waals surface area contributed by atoms with Gasteiger partial charge in [-0.05, 0) is 115 Å². The molecule has 0 nitrogen and oxygen atoms in total. The molecule has 0 fully saturated rings. The lowest BCUT2D eigenvalue weighted by atomic mass is 9.87. The van der Waals surface area contributed by atoms with Crippen LogP contribution in [0.2, 0.25) is 0 Å². The van der Waals surface area contributed by atoms with Gasteiger partial charge in [0.05, 0.1) is 0 Å². The Kier molecular flexibility index (Phi) is 7.94. The normalized spacial score (nSPS) is 11.9. The van der Waals surface area contributed by atoms with E-state index in [1.165, 1.54) is 97.2 Å². The maximum Gasteiger partial charge on any atom is 0.179 e. The van der Waals surface area contributed by atoms with E-state index in [0.29, 0.717) is 0 Å². The lowest BCUT2D eigenvalue weighted by molar-refractivity contribution is 1.59. The van der Waals surface area contributed by atoms with E-state index in [0.717, 1.165) is 0 Å². The SMILES string of the molecule is c1ccc([Si](c2ccccc2)(c2ccccc2)c2ccc(-c3cc(-c4cccc5ccccc45)cc(-c4ccc5ccc6cccc7ccc4c5c67)c3)cc2)cc1. The maximum absolute atomic E-state index is 2.64. The minimum atomic E-state index is -2.64. The summed E-state index contributed by atoms with van der Waals surface area (Å²) >= 11 is 0. The highest BCUT2D eigenvalue weighted by Gasteiger charge is 2.41. The molecule has 0 aliphatic rings. The van der Waals surface area contributed by atoms with Crippen molar-refractivity contribution in [1.82, 2.24) is 0 Å². The number of hydrogen-bond acceptors (Lipinski definition) is 0. The summed E-state index contributed by atoms with van der Waals surface area (Å²) in [5.74, 6) is 0. The molecule has 0 saturated heterocycles. The van der Waals surface area contributed by atoms with Gasteiger partial charge in [-0.1, -0.05) is 212 Å². The van der Waals surface area contributed by atoms with Crippen molar-refractivity contribution in [2.75, 3.05) is 0 Å². The molecule has 11 aromatic carbocycles. The third-order valence-corrected chi connectivity index (χ3v) is 16.9. The third kappa shape index (κ3) is 5.43. The van der Waals surface area contributed by atoms with Crippen molar-refractivity contribution in [1.29, 1.82) is 0 Å². The van der Waals surface area contributed by atoms with E-state index in [1.807, 2.05) is 0 Å². The van der Waals surface area contributed by atoms with Gasteiger partial charge in [-0.25, -0.2) is 0 Å². The van der Waals surface area contributed by atoms with E-state index in [1.54, 1.807) is 0 Å². The van der Waals surface area contributed by atoms with Gasteiger partial charge in [0.2, 0.25) is 0 Å². The summed E-state index contributed by atoms with van der Waals surface area (Å²) in [6, 6.07) is 86.1. The van der Waals surface area contributed by atoms with E-state index in [9.17, 15) is 0 Å². The number of hydrogen-bond donors (Lipinski definition) is 0. The van der Waals surface area contributed by atoms with Crippen LogP contribution in [0.1, 0.15) is 0 Å². The van der Waals surface area contributed by atoms with Gasteiger partial charge in [-0.3, -0.25) is 0 Å². The molecule has 0 aliphatic carbocycles. The first-order valence-electron chi connectivity index (χ1n) is 19.8. The zero-order chi connectivity index (χ0) is 37.8. The summed E-state index contributed by atoms with van der Waals surface area (Å²) in [7, 11) is -2.64. The van der Waals surface area contributed by atoms with Crippen LogP contribution in [-0.2, 0) is 0 Å². The van der Waals surface area contributed by atoms with Crippen LogP contribution in [0.3, 0.4) is 0 Å². The zero-order valence-electron chi connectivity index (χ0n) is 31.4. The predicted octanol–water partition coefficient (Wildman–Crippen LogP) is 12.1. The van der Waals surface area contributed by atoms with Crippen molar-refractivity contribution in [2.45, 2.75) is 0 Å². The van der Waals surface area contributed by atoms with Gasteiger partial charge in [0.25, 0.3) is 0 Å². The monoisotopic (exact) mass is 738 g/mol. The summed E-state index contributed by atoms with van der Waals surface area (Å²) in [4.78, 5) is 0. The summed E-state index contributed by atoms with van der Waals surface area (Å²) in [5, 5.41) is 15.8. The van der Waals surface area contributed by atoms with Crippen molar-refractivity contribution in [3.8, 4) is 33.4 Å². The summed E-state index contributed by atoms with van der Waals surface area (Å²) in [6.45, 7) is 0. The second-order valence-corrected chi connectivity index (χ2v) is 19.0. The van der Waals surface area contributed by atoms with Crippen molar-refractivity contribution in [3.05, 3.63) is 231 Å². The van der Waals surface area contributed by atoms with Crippen LogP contribution in [0.25, 0.3) is 76.5 Å². The molecule has 57 heavy (non-hydrogen) atoms. The lowest BCUT2D eigenvalue weighted by Gasteiger charge is -2.34. The highest BCUT2D eigenvalue weighted by Crippen LogP contribution is 2.42. The fourth-order valence-electron chi connectivity index (χ4n) is 9.55. The Morgan fingerprint density at radius 3 is 1.30 bits per heavy atom. The molecule has 0 unspecified atom stereocenters. The Labute approximate surface area is 334 Å². The first kappa shape index (κ1) is 33.3. The van der Waals surface area contributed by atoms with Crippen LogP contribution in [-0.4, -0.2) is 8.07 Å². The van der Waals surface area contributed by atoms with Crippen molar-refractivity contribution in [2.24, 2.45) is 0 Å². The fraction of sp³-hybridized carbons (Fsp3) is 0. The molecule has 1 heteroatoms. The maximum atomic E-state index is 2.41. The Morgan fingerprint density at radius 1 is 0.228 bits per heavy atom. The van der Waals surface area contributed by atoms with Gasteiger partial charge in [0.15, 0.2) is 8.07 Å². The van der Waals surface area contributed by atoms with E-state index in [2.05, 4.69) is 231 Å². The first-order valence-corrected chi connectivity index (χ1v) is 21.8. The zero-order valence-corrected chi connectivity index (χ0v) is 32.4. The van der Waals surface area contributed by atoms with Gasteiger partial charge in [0.1, 0.15) is 0 Å². The standard InChI is InChI=1S/C56H38Si/c1-4-18-47(19-5-1)57(48-20-6-2-7-21-48,49-22-8-3-9-23-49)50-32-28-39(29-33-50)44-36-45(52-25-13-15-40-14-10-11-24-51(40)52)38-46(37-44)53-34-30-43-27-26-41-16-12-17-42-31-35-54(53)56(43)55(41)42/h1-38H. The van der Waals surface area contributed by atoms with E-state index < -0.39 is 8.07 Å². The number of benzene rings is 11. The van der Waals surface area contributed by atoms with Crippen molar-refractivity contribution >= 4 is 71.9 Å². The van der Waals surface area contributed by atoms with Gasteiger partial charge in [0, 0.05) is 0 Å². The molecule has 0 bridgehead atoms. The average Bonchev–Trinajstić information content (AvgIpc) is 3.29. The predicted molar refractivity (Wildman–Crippen MR) is 248 cm³/mol. The van der Waals surface area contributed by atoms with E-state index in [4.69, 9.17) is 0 Å². The highest BCUT2D eigenvalue weighted by atomic mass is 28.3. The Balaban J connectivity index is 1.14. The molecule has 0 N–H and O–H groups in total. The number of rotatable bonds is 7. The number of fused-ring (bicyclic) bond motifs is 1. The molecule has 0 amide bonds. The van der Waals surface area contributed by atoms with Crippen LogP contribution in [0.4, 0.5) is 0 Å². The van der Waals surface area contributed by atoms with Crippen LogP contribution in [0, 0.1) is 0 Å². The summed E-state index contributed by atoms with van der Waals surface area (Å²) in [5.41, 5.74) is 7.35. The van der Waals surface area contributed by atoms with Gasteiger partial charge < -0.3 is 0 Å². The minimum absolute atomic E-state index is 1.21. The quantitative estimate of drug-likeness (QED) is 0.0868. The average molecular weight is 739 g/mol. The largest absolute Gasteiger partial charge is 0.179 e. The van der Waals surface area contributed by atoms with Gasteiger partial charge in [-0.15, -0.1) is 0 Å². The molecule has 0 atom stereocenters. The Hall–Kier alpha value is -7.06. The van der Waals surface area contributed by atoms with Crippen molar-refractivity contribution in [3.63, 3.8) is 0 Å². The molecule has 266 valence electrons. The fourth-order valence-corrected chi connectivity index (χ4v) is 14.3. The van der Waals surface area contributed by atoms with E-state index >= 15 is 0 Å². The Morgan fingerprint density at radius 2 is 0.667 bits per heavy atom. The Bertz CT molecular complexity index is 3090. The smallest absolute Gasteiger partial charge is 0.0623 e. The second-order valence-electron chi connectivity index (χ2n) is 15.2. The van der Waals surface area contributed by atoms with Crippen LogP contribution in [0.15, 0.2) is 231 Å². The first-order chi connectivity index (χ1) is 28.3. The molecule has 0 aliphatic heterocycles. The lowest BCUT2D eigenvalue weighted by Crippen LogP contribution is -2.74. The molecule has 0 spiro atoms. The molecule has 0 saturated carbocycles. The molecule has 0 heterocycles. The van der Waals surface area contributed by atoms with Crippen LogP contribution >= 0.6 is 0 Å². The van der Waals surface area contributed by atoms with Gasteiger partial charge in [-0.2, -0.15) is 0 Å². The molecule has 11 rings (SSSR count). The van der Waals surface area contributed by atoms with E-state index in [-0.39, 0.29) is 0 Å². The minimum Gasteiger partial charge on any atom is -0.0623 e. The van der Waals surface area contributed by atoms with Crippen molar-refractivity contribution < 1.29 is 0 Å². The molecule has 0 aromatic heterocycles. The molecular formula is C56H38Si.